The highest BCUT2D eigenvalue weighted by Crippen LogP contribution is 2.29. The van der Waals surface area contributed by atoms with Gasteiger partial charge in [-0.15, -0.1) is 0 Å². The number of nitrogens with one attached hydrogen (secondary N) is 1. The SMILES string of the molecule is COC(=O)C(O)c1ccc(OC)c(NC(=O)OC(C)(C)C)c1. The Morgan fingerprint density at radius 1 is 1.23 bits per heavy atom. The smallest absolute Gasteiger partial charge is 0.412 e. The summed E-state index contributed by atoms with van der Waals surface area (Å²) in [5.41, 5.74) is -0.114. The number of aliphatic hydroxyl groups excluding tert-OH is 1. The summed E-state index contributed by atoms with van der Waals surface area (Å²) in [4.78, 5) is 23.2. The number of hydrogen-bond acceptors (Lipinski definition) is 6. The van der Waals surface area contributed by atoms with Crippen LogP contribution in [0.25, 0.3) is 0 Å². The molecular weight excluding hydrogens is 290 g/mol. The standard InChI is InChI=1S/C15H21NO6/c1-15(2,3)22-14(19)16-10-8-9(6-7-11(10)20-4)12(17)13(18)21-5/h6-8,12,17H,1-5H3,(H,16,19). The van der Waals surface area contributed by atoms with Gasteiger partial charge in [-0.25, -0.2) is 9.59 Å². The van der Waals surface area contributed by atoms with E-state index >= 15 is 0 Å². The topological polar surface area (TPSA) is 94.1 Å². The van der Waals surface area contributed by atoms with Crippen LogP contribution in [0.4, 0.5) is 10.5 Å². The molecule has 7 heteroatoms. The van der Waals surface area contributed by atoms with Crippen LogP contribution in [-0.2, 0) is 14.3 Å². The van der Waals surface area contributed by atoms with Gasteiger partial charge in [0.05, 0.1) is 19.9 Å². The second-order valence-electron chi connectivity index (χ2n) is 5.51. The van der Waals surface area contributed by atoms with Crippen LogP contribution in [0.1, 0.15) is 32.4 Å². The van der Waals surface area contributed by atoms with Gasteiger partial charge in [0, 0.05) is 0 Å². The van der Waals surface area contributed by atoms with E-state index in [-0.39, 0.29) is 11.3 Å². The number of aliphatic hydroxyl groups is 1. The van der Waals surface area contributed by atoms with Gasteiger partial charge < -0.3 is 19.3 Å². The largest absolute Gasteiger partial charge is 0.495 e. The van der Waals surface area contributed by atoms with Crippen molar-refractivity contribution in [3.8, 4) is 5.75 Å². The van der Waals surface area contributed by atoms with Crippen molar-refractivity contribution in [1.82, 2.24) is 0 Å². The minimum Gasteiger partial charge on any atom is -0.495 e. The first-order valence-corrected chi connectivity index (χ1v) is 6.61. The summed E-state index contributed by atoms with van der Waals surface area (Å²) in [6, 6.07) is 4.44. The van der Waals surface area contributed by atoms with E-state index in [1.165, 1.54) is 32.4 Å². The Balaban J connectivity index is 3.01. The van der Waals surface area contributed by atoms with Crippen molar-refractivity contribution in [1.29, 1.82) is 0 Å². The monoisotopic (exact) mass is 311 g/mol. The molecule has 22 heavy (non-hydrogen) atoms. The van der Waals surface area contributed by atoms with Crippen LogP contribution in [0.5, 0.6) is 5.75 Å². The van der Waals surface area contributed by atoms with E-state index in [0.717, 1.165) is 0 Å². The van der Waals surface area contributed by atoms with E-state index in [9.17, 15) is 14.7 Å². The fourth-order valence-electron chi connectivity index (χ4n) is 1.65. The number of anilines is 1. The van der Waals surface area contributed by atoms with Gasteiger partial charge >= 0.3 is 12.1 Å². The van der Waals surface area contributed by atoms with Gasteiger partial charge in [-0.3, -0.25) is 5.32 Å². The Bertz CT molecular complexity index is 549. The summed E-state index contributed by atoms with van der Waals surface area (Å²) >= 11 is 0. The maximum absolute atomic E-state index is 11.8. The third kappa shape index (κ3) is 4.92. The second-order valence-corrected chi connectivity index (χ2v) is 5.51. The van der Waals surface area contributed by atoms with Crippen LogP contribution in [0.15, 0.2) is 18.2 Å². The van der Waals surface area contributed by atoms with Gasteiger partial charge in [-0.1, -0.05) is 6.07 Å². The van der Waals surface area contributed by atoms with E-state index in [1.807, 2.05) is 0 Å². The highest BCUT2D eigenvalue weighted by molar-refractivity contribution is 5.87. The molecule has 1 aromatic carbocycles. The quantitative estimate of drug-likeness (QED) is 0.828. The molecule has 0 heterocycles. The Morgan fingerprint density at radius 2 is 1.86 bits per heavy atom. The Morgan fingerprint density at radius 3 is 2.36 bits per heavy atom. The molecular formula is C15H21NO6. The molecule has 1 amide bonds. The van der Waals surface area contributed by atoms with Gasteiger partial charge in [0.1, 0.15) is 11.4 Å². The highest BCUT2D eigenvalue weighted by Gasteiger charge is 2.21. The molecule has 1 unspecified atom stereocenters. The number of amides is 1. The van der Waals surface area contributed by atoms with Crippen LogP contribution in [0.3, 0.4) is 0 Å². The number of carbonyl (C=O) groups excluding carboxylic acids is 2. The van der Waals surface area contributed by atoms with Crippen molar-refractivity contribution >= 4 is 17.7 Å². The van der Waals surface area contributed by atoms with Crippen molar-refractivity contribution < 1.29 is 28.9 Å². The average Bonchev–Trinajstić information content (AvgIpc) is 2.43. The molecule has 0 spiro atoms. The summed E-state index contributed by atoms with van der Waals surface area (Å²) in [7, 11) is 2.61. The zero-order valence-corrected chi connectivity index (χ0v) is 13.3. The van der Waals surface area contributed by atoms with Gasteiger partial charge in [0.25, 0.3) is 0 Å². The van der Waals surface area contributed by atoms with E-state index in [2.05, 4.69) is 10.1 Å². The maximum Gasteiger partial charge on any atom is 0.412 e. The second kappa shape index (κ2) is 7.13. The van der Waals surface area contributed by atoms with Crippen LogP contribution >= 0.6 is 0 Å². The van der Waals surface area contributed by atoms with E-state index in [1.54, 1.807) is 20.8 Å². The number of benzene rings is 1. The van der Waals surface area contributed by atoms with Crippen molar-refractivity contribution in [2.45, 2.75) is 32.5 Å². The molecule has 0 fully saturated rings. The number of methoxy groups -OCH3 is 2. The molecule has 1 atom stereocenters. The lowest BCUT2D eigenvalue weighted by molar-refractivity contribution is -0.150. The highest BCUT2D eigenvalue weighted by atomic mass is 16.6. The third-order valence-electron chi connectivity index (χ3n) is 2.60. The predicted octanol–water partition coefficient (Wildman–Crippen LogP) is 2.25. The summed E-state index contributed by atoms with van der Waals surface area (Å²) in [6.45, 7) is 5.21. The Kier molecular flexibility index (Phi) is 5.76. The molecule has 0 saturated carbocycles. The predicted molar refractivity (Wildman–Crippen MR) is 79.8 cm³/mol. The lowest BCUT2D eigenvalue weighted by atomic mass is 10.1. The zero-order chi connectivity index (χ0) is 16.9. The van der Waals surface area contributed by atoms with Gasteiger partial charge in [-0.2, -0.15) is 0 Å². The molecule has 122 valence electrons. The molecule has 0 saturated heterocycles. The Hall–Kier alpha value is -2.28. The van der Waals surface area contributed by atoms with Crippen molar-refractivity contribution in [3.63, 3.8) is 0 Å². The molecule has 0 aliphatic heterocycles. The molecule has 2 N–H and O–H groups in total. The van der Waals surface area contributed by atoms with Gasteiger partial charge in [0.15, 0.2) is 6.10 Å². The number of ether oxygens (including phenoxy) is 3. The summed E-state index contributed by atoms with van der Waals surface area (Å²) < 4.78 is 14.8. The molecule has 7 nitrogen and oxygen atoms in total. The fraction of sp³-hybridized carbons (Fsp3) is 0.467. The van der Waals surface area contributed by atoms with Crippen LogP contribution < -0.4 is 10.1 Å². The summed E-state index contributed by atoms with van der Waals surface area (Å²) in [5, 5.41) is 12.4. The van der Waals surface area contributed by atoms with E-state index in [0.29, 0.717) is 5.75 Å². The molecule has 0 radical (unpaired) electrons. The number of carbonyl (C=O) groups is 2. The van der Waals surface area contributed by atoms with Crippen molar-refractivity contribution in [2.24, 2.45) is 0 Å². The summed E-state index contributed by atoms with van der Waals surface area (Å²) in [6.07, 6.45) is -2.12. The van der Waals surface area contributed by atoms with Gasteiger partial charge in [-0.05, 0) is 38.5 Å². The van der Waals surface area contributed by atoms with Gasteiger partial charge in [0.2, 0.25) is 0 Å². The van der Waals surface area contributed by atoms with E-state index < -0.39 is 23.8 Å². The van der Waals surface area contributed by atoms with Crippen molar-refractivity contribution in [2.75, 3.05) is 19.5 Å². The minimum atomic E-state index is -1.45. The third-order valence-corrected chi connectivity index (χ3v) is 2.60. The molecule has 0 aromatic heterocycles. The molecule has 0 aliphatic rings. The number of rotatable bonds is 4. The van der Waals surface area contributed by atoms with Crippen LogP contribution in [0.2, 0.25) is 0 Å². The minimum absolute atomic E-state index is 0.263. The molecule has 0 bridgehead atoms. The fourth-order valence-corrected chi connectivity index (χ4v) is 1.65. The first kappa shape index (κ1) is 17.8. The Labute approximate surface area is 129 Å². The lowest BCUT2D eigenvalue weighted by Gasteiger charge is -2.20. The zero-order valence-electron chi connectivity index (χ0n) is 13.3. The lowest BCUT2D eigenvalue weighted by Crippen LogP contribution is -2.27. The van der Waals surface area contributed by atoms with Crippen LogP contribution in [-0.4, -0.2) is 37.0 Å². The van der Waals surface area contributed by atoms with E-state index in [4.69, 9.17) is 9.47 Å². The summed E-state index contributed by atoms with van der Waals surface area (Å²) in [5.74, 6) is -0.431. The maximum atomic E-state index is 11.8. The average molecular weight is 311 g/mol. The van der Waals surface area contributed by atoms with Crippen molar-refractivity contribution in [3.05, 3.63) is 23.8 Å². The first-order chi connectivity index (χ1) is 10.2. The molecule has 1 aromatic rings. The normalized spacial score (nSPS) is 12.3. The number of esters is 1. The molecule has 0 aliphatic carbocycles. The van der Waals surface area contributed by atoms with Crippen LogP contribution in [0, 0.1) is 0 Å². The number of hydrogen-bond donors (Lipinski definition) is 2. The molecule has 1 rings (SSSR count). The first-order valence-electron chi connectivity index (χ1n) is 6.61.